The van der Waals surface area contributed by atoms with Crippen LogP contribution in [-0.4, -0.2) is 31.7 Å². The average Bonchev–Trinajstić information content (AvgIpc) is 2.68. The Morgan fingerprint density at radius 2 is 1.67 bits per heavy atom. The highest BCUT2D eigenvalue weighted by molar-refractivity contribution is 5.96. The Balaban J connectivity index is 1.85. The topological polar surface area (TPSA) is 73.9 Å². The zero-order chi connectivity index (χ0) is 19.6. The number of methoxy groups -OCH3 is 1. The van der Waals surface area contributed by atoms with Crippen molar-refractivity contribution in [2.24, 2.45) is 0 Å². The molecule has 1 N–H and O–H groups in total. The molecule has 142 valence electrons. The van der Waals surface area contributed by atoms with Gasteiger partial charge in [0.15, 0.2) is 6.10 Å². The van der Waals surface area contributed by atoms with Crippen molar-refractivity contribution < 1.29 is 23.8 Å². The zero-order valence-electron chi connectivity index (χ0n) is 15.6. The standard InChI is InChI=1S/C21H23NO5/c1-4-26-19-10-5-16(6-11-19)7-14-20(23)27-15(2)21(24)22-17-8-12-18(25-3)13-9-17/h5-15H,4H2,1-3H3,(H,22,24)/b14-7+/t15-/m0/s1. The zero-order valence-corrected chi connectivity index (χ0v) is 15.6. The van der Waals surface area contributed by atoms with Crippen LogP contribution in [0.1, 0.15) is 19.4 Å². The molecule has 1 atom stereocenters. The molecule has 0 heterocycles. The van der Waals surface area contributed by atoms with E-state index >= 15 is 0 Å². The number of amides is 1. The average molecular weight is 369 g/mol. The van der Waals surface area contributed by atoms with Gasteiger partial charge in [-0.25, -0.2) is 4.79 Å². The predicted octanol–water partition coefficient (Wildman–Crippen LogP) is 3.68. The number of ether oxygens (including phenoxy) is 3. The molecular weight excluding hydrogens is 346 g/mol. The molecule has 1 amide bonds. The summed E-state index contributed by atoms with van der Waals surface area (Å²) in [6, 6.07) is 14.2. The molecule has 0 aromatic heterocycles. The number of carbonyl (C=O) groups excluding carboxylic acids is 2. The first kappa shape index (κ1) is 20.0. The van der Waals surface area contributed by atoms with Crippen molar-refractivity contribution in [2.75, 3.05) is 19.0 Å². The first-order valence-corrected chi connectivity index (χ1v) is 8.58. The number of hydrogen-bond donors (Lipinski definition) is 1. The first-order valence-electron chi connectivity index (χ1n) is 8.58. The Bertz CT molecular complexity index is 781. The van der Waals surface area contributed by atoms with Crippen molar-refractivity contribution in [1.82, 2.24) is 0 Å². The van der Waals surface area contributed by atoms with Crippen LogP contribution >= 0.6 is 0 Å². The Labute approximate surface area is 158 Å². The van der Waals surface area contributed by atoms with E-state index in [-0.39, 0.29) is 0 Å². The van der Waals surface area contributed by atoms with E-state index in [2.05, 4.69) is 5.32 Å². The number of anilines is 1. The van der Waals surface area contributed by atoms with Crippen molar-refractivity contribution >= 4 is 23.6 Å². The molecule has 0 aliphatic heterocycles. The minimum Gasteiger partial charge on any atom is -0.497 e. The Morgan fingerprint density at radius 1 is 1.04 bits per heavy atom. The molecule has 0 saturated heterocycles. The Morgan fingerprint density at radius 3 is 2.26 bits per heavy atom. The number of benzene rings is 2. The van der Waals surface area contributed by atoms with Gasteiger partial charge < -0.3 is 19.5 Å². The fourth-order valence-corrected chi connectivity index (χ4v) is 2.19. The molecule has 2 aromatic rings. The SMILES string of the molecule is CCOc1ccc(/C=C/C(=O)O[C@@H](C)C(=O)Nc2ccc(OC)cc2)cc1. The van der Waals surface area contributed by atoms with E-state index in [0.29, 0.717) is 18.0 Å². The Hall–Kier alpha value is -3.28. The minimum absolute atomic E-state index is 0.414. The summed E-state index contributed by atoms with van der Waals surface area (Å²) in [7, 11) is 1.57. The second-order valence-corrected chi connectivity index (χ2v) is 5.63. The number of hydrogen-bond acceptors (Lipinski definition) is 5. The third-order valence-corrected chi connectivity index (χ3v) is 3.62. The number of rotatable bonds is 8. The maximum absolute atomic E-state index is 12.1. The molecule has 6 heteroatoms. The monoisotopic (exact) mass is 369 g/mol. The summed E-state index contributed by atoms with van der Waals surface area (Å²) >= 11 is 0. The van der Waals surface area contributed by atoms with Crippen LogP contribution in [0.15, 0.2) is 54.6 Å². The van der Waals surface area contributed by atoms with Crippen molar-refractivity contribution in [2.45, 2.75) is 20.0 Å². The van der Waals surface area contributed by atoms with Gasteiger partial charge in [-0.2, -0.15) is 0 Å². The fourth-order valence-electron chi connectivity index (χ4n) is 2.19. The molecule has 0 aliphatic carbocycles. The highest BCUT2D eigenvalue weighted by Crippen LogP contribution is 2.16. The molecule has 0 unspecified atom stereocenters. The van der Waals surface area contributed by atoms with E-state index in [1.807, 2.05) is 31.2 Å². The van der Waals surface area contributed by atoms with E-state index in [9.17, 15) is 9.59 Å². The van der Waals surface area contributed by atoms with Crippen LogP contribution in [0.3, 0.4) is 0 Å². The second-order valence-electron chi connectivity index (χ2n) is 5.63. The van der Waals surface area contributed by atoms with Crippen LogP contribution in [0.4, 0.5) is 5.69 Å². The van der Waals surface area contributed by atoms with Crippen LogP contribution in [0.5, 0.6) is 11.5 Å². The van der Waals surface area contributed by atoms with Gasteiger partial charge in [-0.1, -0.05) is 12.1 Å². The summed E-state index contributed by atoms with van der Waals surface area (Å²) in [6.45, 7) is 4.02. The second kappa shape index (κ2) is 10.0. The summed E-state index contributed by atoms with van der Waals surface area (Å²) in [5.41, 5.74) is 1.42. The predicted molar refractivity (Wildman–Crippen MR) is 104 cm³/mol. The maximum atomic E-state index is 12.1. The van der Waals surface area contributed by atoms with Gasteiger partial charge in [0.2, 0.25) is 0 Å². The smallest absolute Gasteiger partial charge is 0.331 e. The number of nitrogens with one attached hydrogen (secondary N) is 1. The van der Waals surface area contributed by atoms with E-state index in [4.69, 9.17) is 14.2 Å². The van der Waals surface area contributed by atoms with Crippen LogP contribution in [-0.2, 0) is 14.3 Å². The van der Waals surface area contributed by atoms with Gasteiger partial charge >= 0.3 is 5.97 Å². The normalized spacial score (nSPS) is 11.7. The van der Waals surface area contributed by atoms with Crippen molar-refractivity contribution in [3.8, 4) is 11.5 Å². The summed E-state index contributed by atoms with van der Waals surface area (Å²) < 4.78 is 15.5. The molecule has 6 nitrogen and oxygen atoms in total. The third kappa shape index (κ3) is 6.51. The van der Waals surface area contributed by atoms with Gasteiger partial charge in [0.25, 0.3) is 5.91 Å². The molecule has 0 spiro atoms. The molecule has 0 bridgehead atoms. The summed E-state index contributed by atoms with van der Waals surface area (Å²) in [4.78, 5) is 24.0. The van der Waals surface area contributed by atoms with Gasteiger partial charge in [0, 0.05) is 11.8 Å². The van der Waals surface area contributed by atoms with Crippen molar-refractivity contribution in [1.29, 1.82) is 0 Å². The Kier molecular flexibility index (Phi) is 7.43. The maximum Gasteiger partial charge on any atom is 0.331 e. The largest absolute Gasteiger partial charge is 0.497 e. The van der Waals surface area contributed by atoms with Crippen LogP contribution in [0, 0.1) is 0 Å². The van der Waals surface area contributed by atoms with Gasteiger partial charge in [-0.3, -0.25) is 4.79 Å². The van der Waals surface area contributed by atoms with Gasteiger partial charge in [0.05, 0.1) is 13.7 Å². The first-order chi connectivity index (χ1) is 13.0. The highest BCUT2D eigenvalue weighted by atomic mass is 16.5. The summed E-state index contributed by atoms with van der Waals surface area (Å²) in [5, 5.41) is 2.68. The van der Waals surface area contributed by atoms with Gasteiger partial charge in [-0.05, 0) is 61.9 Å². The van der Waals surface area contributed by atoms with Crippen molar-refractivity contribution in [3.63, 3.8) is 0 Å². The van der Waals surface area contributed by atoms with E-state index in [0.717, 1.165) is 11.3 Å². The third-order valence-electron chi connectivity index (χ3n) is 3.62. The minimum atomic E-state index is -0.926. The molecule has 0 saturated carbocycles. The highest BCUT2D eigenvalue weighted by Gasteiger charge is 2.16. The molecule has 0 radical (unpaired) electrons. The summed E-state index contributed by atoms with van der Waals surface area (Å²) in [6.07, 6.45) is 1.98. The van der Waals surface area contributed by atoms with Crippen LogP contribution < -0.4 is 14.8 Å². The van der Waals surface area contributed by atoms with Gasteiger partial charge in [-0.15, -0.1) is 0 Å². The number of esters is 1. The molecule has 0 aliphatic rings. The lowest BCUT2D eigenvalue weighted by Crippen LogP contribution is -2.29. The lowest BCUT2D eigenvalue weighted by atomic mass is 10.2. The van der Waals surface area contributed by atoms with Crippen LogP contribution in [0.25, 0.3) is 6.08 Å². The van der Waals surface area contributed by atoms with E-state index < -0.39 is 18.0 Å². The van der Waals surface area contributed by atoms with Crippen molar-refractivity contribution in [3.05, 3.63) is 60.2 Å². The molecule has 0 fully saturated rings. The van der Waals surface area contributed by atoms with Gasteiger partial charge in [0.1, 0.15) is 11.5 Å². The molecule has 2 aromatic carbocycles. The lowest BCUT2D eigenvalue weighted by Gasteiger charge is -2.12. The fraction of sp³-hybridized carbons (Fsp3) is 0.238. The molecule has 27 heavy (non-hydrogen) atoms. The van der Waals surface area contributed by atoms with Crippen LogP contribution in [0.2, 0.25) is 0 Å². The molecule has 2 rings (SSSR count). The van der Waals surface area contributed by atoms with E-state index in [1.54, 1.807) is 37.5 Å². The quantitative estimate of drug-likeness (QED) is 0.568. The summed E-state index contributed by atoms with van der Waals surface area (Å²) in [5.74, 6) is 0.442. The van der Waals surface area contributed by atoms with E-state index in [1.165, 1.54) is 13.0 Å². The molecular formula is C21H23NO5. The number of carbonyl (C=O) groups is 2. The lowest BCUT2D eigenvalue weighted by molar-refractivity contribution is -0.148.